The Labute approximate surface area is 352 Å². The molecule has 2 aromatic carbocycles. The van der Waals surface area contributed by atoms with Crippen LogP contribution in [-0.4, -0.2) is 82.7 Å². The minimum Gasteiger partial charge on any atom is -0.492 e. The first kappa shape index (κ1) is 42.3. The number of carbonyl (C=O) groups excluding carboxylic acids is 1. The summed E-state index contributed by atoms with van der Waals surface area (Å²) >= 11 is 0. The smallest absolute Gasteiger partial charge is 0.335 e. The van der Waals surface area contributed by atoms with Crippen molar-refractivity contribution >= 4 is 5.97 Å². The molecule has 8 atom stereocenters. The van der Waals surface area contributed by atoms with E-state index in [0.29, 0.717) is 44.5 Å². The van der Waals surface area contributed by atoms with Crippen LogP contribution >= 0.6 is 0 Å². The largest absolute Gasteiger partial charge is 0.492 e. The third-order valence-corrected chi connectivity index (χ3v) is 8.70. The van der Waals surface area contributed by atoms with Crippen LogP contribution in [0.3, 0.4) is 0 Å². The third-order valence-electron chi connectivity index (χ3n) is 8.70. The van der Waals surface area contributed by atoms with Crippen molar-refractivity contribution in [1.82, 2.24) is 0 Å². The van der Waals surface area contributed by atoms with E-state index in [0.717, 1.165) is 5.56 Å². The summed E-state index contributed by atoms with van der Waals surface area (Å²) in [5.41, 5.74) is 0.397. The molecule has 249 valence electrons. The molecular weight excluding hydrogens is 835 g/mol. The molecule has 0 aromatic heterocycles. The van der Waals surface area contributed by atoms with Gasteiger partial charge in [-0.3, -0.25) is 6.42 Å². The van der Waals surface area contributed by atoms with Crippen LogP contribution in [0.15, 0.2) is 60.7 Å². The predicted octanol–water partition coefficient (Wildman–Crippen LogP) is 4.23. The van der Waals surface area contributed by atoms with Crippen LogP contribution in [0.2, 0.25) is 0 Å². The van der Waals surface area contributed by atoms with E-state index < -0.39 is 53.3 Å². The second-order valence-electron chi connectivity index (χ2n) is 13.4. The molecule has 7 rings (SSSR count). The Morgan fingerprint density at radius 3 is 1.87 bits per heavy atom. The van der Waals surface area contributed by atoms with Crippen LogP contribution in [0.4, 0.5) is 0 Å². The van der Waals surface area contributed by atoms with E-state index in [4.69, 9.17) is 33.2 Å². The zero-order chi connectivity index (χ0) is 31.2. The molecule has 13 heteroatoms. The molecule has 3 saturated heterocycles. The molecule has 0 amide bonds. The molecule has 2 saturated carbocycles. The first-order valence-corrected chi connectivity index (χ1v) is 15.4. The maximum atomic E-state index is 12.2. The van der Waals surface area contributed by atoms with Crippen molar-refractivity contribution in [3.05, 3.63) is 78.2 Å². The Morgan fingerprint density at radius 2 is 1.32 bits per heavy atom. The number of rotatable bonds is 3. The van der Waals surface area contributed by atoms with Gasteiger partial charge in [0.15, 0.2) is 17.9 Å². The van der Waals surface area contributed by atoms with Crippen molar-refractivity contribution in [3.8, 4) is 0 Å². The summed E-state index contributed by atoms with van der Waals surface area (Å²) < 4.78 is 40.9. The van der Waals surface area contributed by atoms with E-state index in [1.807, 2.05) is 64.1 Å². The number of ether oxygens (including phenoxy) is 7. The minimum atomic E-state index is -0.681. The quantitative estimate of drug-likeness (QED) is 0.343. The van der Waals surface area contributed by atoms with Crippen molar-refractivity contribution in [2.45, 2.75) is 113 Å². The molecule has 5 fully saturated rings. The first-order valence-electron chi connectivity index (χ1n) is 15.4. The van der Waals surface area contributed by atoms with Crippen molar-refractivity contribution < 1.29 is 146 Å². The van der Waals surface area contributed by atoms with Gasteiger partial charge in [0.05, 0.1) is 36.6 Å². The molecule has 1 unspecified atom stereocenters. The van der Waals surface area contributed by atoms with Gasteiger partial charge < -0.3 is 43.4 Å². The van der Waals surface area contributed by atoms with Gasteiger partial charge in [-0.15, -0.1) is 0 Å². The van der Waals surface area contributed by atoms with Gasteiger partial charge in [0.1, 0.15) is 11.7 Å². The number of aliphatic hydroxyl groups is 2. The molecule has 2 N–H and O–H groups in total. The minimum absolute atomic E-state index is 0. The molecule has 5 aliphatic rings. The Hall–Kier alpha value is 0.902. The van der Waals surface area contributed by atoms with Crippen molar-refractivity contribution in [1.29, 1.82) is 0 Å². The fourth-order valence-corrected chi connectivity index (χ4v) is 6.97. The Morgan fingerprint density at radius 1 is 0.766 bits per heavy atom. The summed E-state index contributed by atoms with van der Waals surface area (Å²) in [5, 5.41) is 20.6. The normalized spacial score (nSPS) is 36.1. The third kappa shape index (κ3) is 10.5. The fraction of sp³-hybridized carbons (Fsp3) is 0.588. The topological polar surface area (TPSA) is 122 Å². The van der Waals surface area contributed by atoms with E-state index in [1.165, 1.54) is 0 Å². The standard InChI is InChI=1S/C17H22O5.C17H21O5.3Y/c1-16(2)19-10-17(22-16)8-12(18)14-13(9-17)20-15(21-14)11-6-4-3-5-7-11;1-16(2)20-11-17(22-16)9-13(18)8-14(10-17)21-15(19)12-6-4-3-5-7-12;;;/h3-7,12-15,18H,8-10H2,1-2H3;3-8,13-14,18H,9-11H2,1-2H3;;;/q;-1;;;/t12-,13-,14-,15?,17+;13-,14-,17-;;;/m10.../s1. The molecule has 2 aromatic rings. The number of benzene rings is 2. The average Bonchev–Trinajstić information content (AvgIpc) is 3.62. The summed E-state index contributed by atoms with van der Waals surface area (Å²) in [6.45, 7) is 8.37. The maximum absolute atomic E-state index is 12.2. The van der Waals surface area contributed by atoms with Crippen LogP contribution in [0.5, 0.6) is 0 Å². The molecule has 2 spiro atoms. The average molecular weight is 878 g/mol. The van der Waals surface area contributed by atoms with Gasteiger partial charge in [-0.1, -0.05) is 54.6 Å². The number of hydrogen-bond acceptors (Lipinski definition) is 10. The number of hydrogen-bond donors (Lipinski definition) is 2. The van der Waals surface area contributed by atoms with Crippen LogP contribution in [0, 0.1) is 6.42 Å². The number of aliphatic hydroxyl groups excluding tert-OH is 2. The summed E-state index contributed by atoms with van der Waals surface area (Å²) in [6, 6.07) is 18.6. The van der Waals surface area contributed by atoms with Gasteiger partial charge in [0.2, 0.25) is 0 Å². The zero-order valence-corrected chi connectivity index (χ0v) is 36.0. The van der Waals surface area contributed by atoms with E-state index in [9.17, 15) is 15.0 Å². The number of esters is 1. The molecular formula is C34H43O10Y3-. The second kappa shape index (κ2) is 17.2. The monoisotopic (exact) mass is 878 g/mol. The summed E-state index contributed by atoms with van der Waals surface area (Å²) in [7, 11) is 0. The summed E-state index contributed by atoms with van der Waals surface area (Å²) in [6.07, 6.45) is 1.12. The van der Waals surface area contributed by atoms with Crippen molar-refractivity contribution in [2.75, 3.05) is 13.2 Å². The Kier molecular flexibility index (Phi) is 15.4. The van der Waals surface area contributed by atoms with E-state index in [2.05, 4.69) is 0 Å². The summed E-state index contributed by atoms with van der Waals surface area (Å²) in [4.78, 5) is 12.2. The van der Waals surface area contributed by atoms with Crippen molar-refractivity contribution in [2.24, 2.45) is 0 Å². The zero-order valence-electron chi connectivity index (χ0n) is 27.5. The SMILES string of the molecule is CC1(C)OC[C@@]2(C[C@@H](O)[C@H]3OC(c4ccccc4)O[C@@H]3C2)O1.CC1(C)OC[C@@]2(C[C@@H](O)[CH-][C@H](OC(=O)c3ccccc3)C2)O1.[Y].[Y].[Y]. The van der Waals surface area contributed by atoms with Crippen LogP contribution in [-0.2, 0) is 131 Å². The Bertz CT molecular complexity index is 1300. The van der Waals surface area contributed by atoms with Crippen molar-refractivity contribution in [3.63, 3.8) is 0 Å². The number of fused-ring (bicyclic) bond motifs is 1. The molecule has 2 aliphatic carbocycles. The van der Waals surface area contributed by atoms with Gasteiger partial charge in [-0.05, 0) is 58.8 Å². The van der Waals surface area contributed by atoms with Crippen LogP contribution in [0.25, 0.3) is 0 Å². The predicted molar refractivity (Wildman–Crippen MR) is 157 cm³/mol. The van der Waals surface area contributed by atoms with Gasteiger partial charge in [-0.2, -0.15) is 0 Å². The van der Waals surface area contributed by atoms with Gasteiger partial charge in [0.25, 0.3) is 0 Å². The maximum Gasteiger partial charge on any atom is 0.335 e. The van der Waals surface area contributed by atoms with Gasteiger partial charge >= 0.3 is 5.97 Å². The molecule has 47 heavy (non-hydrogen) atoms. The van der Waals surface area contributed by atoms with Crippen LogP contribution < -0.4 is 0 Å². The molecule has 10 nitrogen and oxygen atoms in total. The van der Waals surface area contributed by atoms with E-state index in [-0.39, 0.29) is 110 Å². The van der Waals surface area contributed by atoms with Gasteiger partial charge in [0, 0.05) is 117 Å². The fourth-order valence-electron chi connectivity index (χ4n) is 6.97. The second-order valence-corrected chi connectivity index (χ2v) is 13.4. The van der Waals surface area contributed by atoms with E-state index >= 15 is 0 Å². The summed E-state index contributed by atoms with van der Waals surface area (Å²) in [5.74, 6) is -1.68. The molecule has 3 radical (unpaired) electrons. The van der Waals surface area contributed by atoms with Crippen LogP contribution in [0.1, 0.15) is 75.6 Å². The molecule has 3 aliphatic heterocycles. The molecule has 3 heterocycles. The number of carbonyl (C=O) groups is 1. The van der Waals surface area contributed by atoms with Gasteiger partial charge in [-0.25, -0.2) is 4.79 Å². The van der Waals surface area contributed by atoms with E-state index in [1.54, 1.807) is 30.7 Å². The Balaban J connectivity index is 0.000000240. The first-order chi connectivity index (χ1) is 20.8. The molecule has 0 bridgehead atoms.